The van der Waals surface area contributed by atoms with Gasteiger partial charge in [0.25, 0.3) is 0 Å². The number of ether oxygens (including phenoxy) is 2. The van der Waals surface area contributed by atoms with Crippen LogP contribution in [0.3, 0.4) is 0 Å². The zero-order valence-electron chi connectivity index (χ0n) is 12.5. The topological polar surface area (TPSA) is 69.7 Å². The molecule has 0 N–H and O–H groups in total. The standard InChI is InChI=1S/C16H20O5/c1-4-5-8-16(14(18)20-2,15(19)21-3)9-6-7-12-10-13(12)11-17/h6-7,11-13H,8-10H2,1-3H3/b7-6+/t12-,13+/m1/s1. The molecule has 0 spiro atoms. The molecule has 0 heterocycles. The molecule has 5 nitrogen and oxygen atoms in total. The SMILES string of the molecule is CC#CCC(C/C=C/[C@@H]1C[C@H]1C=O)(C(=O)OC)C(=O)OC. The van der Waals surface area contributed by atoms with Crippen molar-refractivity contribution < 1.29 is 23.9 Å². The predicted octanol–water partition coefficient (Wildman–Crippen LogP) is 1.51. The highest BCUT2D eigenvalue weighted by Gasteiger charge is 2.47. The number of carbonyl (C=O) groups is 3. The first-order chi connectivity index (χ1) is 10.1. The molecule has 0 aromatic heterocycles. The quantitative estimate of drug-likeness (QED) is 0.234. The fraction of sp³-hybridized carbons (Fsp3) is 0.562. The minimum Gasteiger partial charge on any atom is -0.468 e. The zero-order chi connectivity index (χ0) is 15.9. The van der Waals surface area contributed by atoms with Gasteiger partial charge in [0.05, 0.1) is 14.2 Å². The highest BCUT2D eigenvalue weighted by molar-refractivity contribution is 6.00. The second-order valence-electron chi connectivity index (χ2n) is 5.00. The molecule has 1 saturated carbocycles. The van der Waals surface area contributed by atoms with Crippen LogP contribution in [0.2, 0.25) is 0 Å². The Morgan fingerprint density at radius 1 is 1.24 bits per heavy atom. The van der Waals surface area contributed by atoms with Crippen molar-refractivity contribution in [2.45, 2.75) is 26.2 Å². The number of carbonyl (C=O) groups excluding carboxylic acids is 3. The van der Waals surface area contributed by atoms with E-state index in [1.807, 2.05) is 6.08 Å². The Hall–Kier alpha value is -2.09. The summed E-state index contributed by atoms with van der Waals surface area (Å²) in [5.74, 6) is 4.36. The van der Waals surface area contributed by atoms with E-state index < -0.39 is 17.4 Å². The smallest absolute Gasteiger partial charge is 0.324 e. The molecule has 2 atom stereocenters. The molecule has 1 aliphatic carbocycles. The van der Waals surface area contributed by atoms with E-state index in [2.05, 4.69) is 11.8 Å². The zero-order valence-corrected chi connectivity index (χ0v) is 12.5. The third-order valence-corrected chi connectivity index (χ3v) is 3.63. The first-order valence-corrected chi connectivity index (χ1v) is 6.74. The summed E-state index contributed by atoms with van der Waals surface area (Å²) in [6.07, 6.45) is 5.51. The molecule has 114 valence electrons. The second-order valence-corrected chi connectivity index (χ2v) is 5.00. The average Bonchev–Trinajstić information content (AvgIpc) is 3.27. The maximum absolute atomic E-state index is 12.1. The minimum absolute atomic E-state index is 0.0367. The lowest BCUT2D eigenvalue weighted by Gasteiger charge is -2.24. The Labute approximate surface area is 124 Å². The monoisotopic (exact) mass is 292 g/mol. The molecule has 1 aliphatic rings. The molecule has 0 aromatic carbocycles. The van der Waals surface area contributed by atoms with E-state index in [9.17, 15) is 14.4 Å². The van der Waals surface area contributed by atoms with E-state index in [1.54, 1.807) is 13.0 Å². The van der Waals surface area contributed by atoms with Gasteiger partial charge in [0, 0.05) is 12.3 Å². The summed E-state index contributed by atoms with van der Waals surface area (Å²) in [6, 6.07) is 0. The van der Waals surface area contributed by atoms with E-state index in [1.165, 1.54) is 14.2 Å². The number of methoxy groups -OCH3 is 2. The summed E-state index contributed by atoms with van der Waals surface area (Å²) in [5.41, 5.74) is -1.45. The molecule has 21 heavy (non-hydrogen) atoms. The van der Waals surface area contributed by atoms with E-state index in [-0.39, 0.29) is 24.7 Å². The average molecular weight is 292 g/mol. The first kappa shape index (κ1) is 17.0. The van der Waals surface area contributed by atoms with Crippen LogP contribution in [-0.4, -0.2) is 32.4 Å². The number of esters is 2. The Bertz CT molecular complexity index is 479. The summed E-state index contributed by atoms with van der Waals surface area (Å²) >= 11 is 0. The third-order valence-electron chi connectivity index (χ3n) is 3.63. The van der Waals surface area contributed by atoms with Gasteiger partial charge in [-0.25, -0.2) is 0 Å². The van der Waals surface area contributed by atoms with E-state index >= 15 is 0 Å². The van der Waals surface area contributed by atoms with E-state index in [0.29, 0.717) is 0 Å². The molecule has 0 saturated heterocycles. The summed E-state index contributed by atoms with van der Waals surface area (Å²) < 4.78 is 9.51. The highest BCUT2D eigenvalue weighted by atomic mass is 16.5. The van der Waals surface area contributed by atoms with E-state index in [0.717, 1.165) is 12.7 Å². The van der Waals surface area contributed by atoms with Crippen LogP contribution in [0.15, 0.2) is 12.2 Å². The van der Waals surface area contributed by atoms with Gasteiger partial charge in [-0.05, 0) is 25.7 Å². The molecule has 0 amide bonds. The Morgan fingerprint density at radius 2 is 1.86 bits per heavy atom. The van der Waals surface area contributed by atoms with Crippen molar-refractivity contribution in [1.29, 1.82) is 0 Å². The summed E-state index contributed by atoms with van der Waals surface area (Å²) in [5, 5.41) is 0. The molecular formula is C16H20O5. The van der Waals surface area contributed by atoms with Gasteiger partial charge in [-0.3, -0.25) is 9.59 Å². The van der Waals surface area contributed by atoms with Crippen molar-refractivity contribution in [3.05, 3.63) is 12.2 Å². The number of rotatable bonds is 7. The molecule has 1 rings (SSSR count). The lowest BCUT2D eigenvalue weighted by Crippen LogP contribution is -2.40. The second kappa shape index (κ2) is 7.63. The lowest BCUT2D eigenvalue weighted by molar-refractivity contribution is -0.168. The maximum atomic E-state index is 12.1. The van der Waals surface area contributed by atoms with Crippen molar-refractivity contribution in [3.8, 4) is 11.8 Å². The maximum Gasteiger partial charge on any atom is 0.324 e. The molecule has 0 aromatic rings. The molecule has 0 aliphatic heterocycles. The predicted molar refractivity (Wildman–Crippen MR) is 76.0 cm³/mol. The fourth-order valence-corrected chi connectivity index (χ4v) is 2.15. The Morgan fingerprint density at radius 3 is 2.29 bits per heavy atom. The van der Waals surface area contributed by atoms with Gasteiger partial charge in [-0.1, -0.05) is 12.2 Å². The van der Waals surface area contributed by atoms with Crippen molar-refractivity contribution in [3.63, 3.8) is 0 Å². The van der Waals surface area contributed by atoms with Crippen LogP contribution in [0.1, 0.15) is 26.2 Å². The number of hydrogen-bond donors (Lipinski definition) is 0. The van der Waals surface area contributed by atoms with Gasteiger partial charge in [-0.15, -0.1) is 11.8 Å². The van der Waals surface area contributed by atoms with Crippen molar-refractivity contribution in [2.24, 2.45) is 17.3 Å². The number of aldehydes is 1. The van der Waals surface area contributed by atoms with Crippen molar-refractivity contribution >= 4 is 18.2 Å². The van der Waals surface area contributed by atoms with Crippen molar-refractivity contribution in [2.75, 3.05) is 14.2 Å². The highest BCUT2D eigenvalue weighted by Crippen LogP contribution is 2.38. The van der Waals surface area contributed by atoms with E-state index in [4.69, 9.17) is 9.47 Å². The molecule has 5 heteroatoms. The molecule has 0 radical (unpaired) electrons. The van der Waals surface area contributed by atoms with Gasteiger partial charge < -0.3 is 14.3 Å². The van der Waals surface area contributed by atoms with Crippen LogP contribution in [0.4, 0.5) is 0 Å². The first-order valence-electron chi connectivity index (χ1n) is 6.74. The summed E-state index contributed by atoms with van der Waals surface area (Å²) in [4.78, 5) is 34.7. The lowest BCUT2D eigenvalue weighted by atomic mass is 9.81. The molecular weight excluding hydrogens is 272 g/mol. The number of allylic oxidation sites excluding steroid dienone is 2. The van der Waals surface area contributed by atoms with Crippen molar-refractivity contribution in [1.82, 2.24) is 0 Å². The largest absolute Gasteiger partial charge is 0.468 e. The van der Waals surface area contributed by atoms with Crippen LogP contribution >= 0.6 is 0 Å². The van der Waals surface area contributed by atoms with Crippen LogP contribution in [0.5, 0.6) is 0 Å². The minimum atomic E-state index is -1.45. The molecule has 0 bridgehead atoms. The summed E-state index contributed by atoms with van der Waals surface area (Å²) in [7, 11) is 2.46. The Balaban J connectivity index is 2.91. The van der Waals surface area contributed by atoms with Crippen LogP contribution in [0.25, 0.3) is 0 Å². The van der Waals surface area contributed by atoms with Gasteiger partial charge in [-0.2, -0.15) is 0 Å². The Kier molecular flexibility index (Phi) is 6.16. The van der Waals surface area contributed by atoms with Crippen LogP contribution < -0.4 is 0 Å². The van der Waals surface area contributed by atoms with Gasteiger partial charge >= 0.3 is 11.9 Å². The van der Waals surface area contributed by atoms with Gasteiger partial charge in [0.1, 0.15) is 6.29 Å². The summed E-state index contributed by atoms with van der Waals surface area (Å²) in [6.45, 7) is 1.63. The third kappa shape index (κ3) is 3.94. The molecule has 0 unspecified atom stereocenters. The normalized spacial score (nSPS) is 20.3. The van der Waals surface area contributed by atoms with Gasteiger partial charge in [0.15, 0.2) is 5.41 Å². The van der Waals surface area contributed by atoms with Crippen LogP contribution in [-0.2, 0) is 23.9 Å². The number of hydrogen-bond acceptors (Lipinski definition) is 5. The fourth-order valence-electron chi connectivity index (χ4n) is 2.15. The molecule has 1 fully saturated rings. The van der Waals surface area contributed by atoms with Crippen LogP contribution in [0, 0.1) is 29.1 Å². The van der Waals surface area contributed by atoms with Gasteiger partial charge in [0.2, 0.25) is 0 Å².